The van der Waals surface area contributed by atoms with Crippen molar-refractivity contribution >= 4 is 23.7 Å². The van der Waals surface area contributed by atoms with Crippen molar-refractivity contribution < 1.29 is 28.3 Å². The van der Waals surface area contributed by atoms with Crippen LogP contribution in [0.1, 0.15) is 57.6 Å². The Morgan fingerprint density at radius 1 is 1.32 bits per heavy atom. The number of nitrogens with one attached hydrogen (secondary N) is 1. The fraction of sp³-hybridized carbons (Fsp3) is 0.600. The van der Waals surface area contributed by atoms with Gasteiger partial charge in [-0.3, -0.25) is 19.2 Å². The molecule has 3 aliphatic rings. The van der Waals surface area contributed by atoms with Crippen molar-refractivity contribution in [3.63, 3.8) is 0 Å². The summed E-state index contributed by atoms with van der Waals surface area (Å²) in [5.41, 5.74) is -0.253. The highest BCUT2D eigenvalue weighted by Gasteiger charge is 2.55. The molecule has 0 aromatic carbocycles. The molecule has 2 aliphatic heterocycles. The van der Waals surface area contributed by atoms with Gasteiger partial charge in [0.25, 0.3) is 0 Å². The first-order valence-electron chi connectivity index (χ1n) is 12.2. The Labute approximate surface area is 199 Å². The van der Waals surface area contributed by atoms with E-state index in [4.69, 9.17) is 9.15 Å². The molecule has 1 aromatic heterocycles. The van der Waals surface area contributed by atoms with Gasteiger partial charge in [0.1, 0.15) is 11.2 Å². The number of hydrogen-bond donors (Lipinski definition) is 1. The van der Waals surface area contributed by atoms with E-state index in [1.807, 2.05) is 11.0 Å². The van der Waals surface area contributed by atoms with Gasteiger partial charge in [0.15, 0.2) is 0 Å². The van der Waals surface area contributed by atoms with Crippen molar-refractivity contribution in [3.05, 3.63) is 35.9 Å². The number of fused-ring (bicyclic) bond motifs is 1. The molecule has 2 fully saturated rings. The molecule has 1 aromatic rings. The van der Waals surface area contributed by atoms with Crippen LogP contribution in [0.3, 0.4) is 0 Å². The fourth-order valence-corrected chi connectivity index (χ4v) is 5.38. The average molecular weight is 472 g/mol. The maximum atomic E-state index is 13.5. The Balaban J connectivity index is 1.42. The molecule has 0 unspecified atom stereocenters. The van der Waals surface area contributed by atoms with Gasteiger partial charge >= 0.3 is 5.97 Å². The van der Waals surface area contributed by atoms with Crippen LogP contribution in [-0.4, -0.2) is 59.7 Å². The van der Waals surface area contributed by atoms with E-state index >= 15 is 0 Å². The third kappa shape index (κ3) is 4.88. The molecular weight excluding hydrogens is 438 g/mol. The number of esters is 1. The zero-order valence-corrected chi connectivity index (χ0v) is 19.7. The predicted molar refractivity (Wildman–Crippen MR) is 122 cm³/mol. The van der Waals surface area contributed by atoms with E-state index < -0.39 is 11.3 Å². The van der Waals surface area contributed by atoms with E-state index in [-0.39, 0.29) is 49.7 Å². The molecule has 1 aliphatic carbocycles. The number of carbonyl (C=O) groups is 4. The van der Waals surface area contributed by atoms with Gasteiger partial charge in [-0.15, -0.1) is 0 Å². The van der Waals surface area contributed by atoms with Crippen molar-refractivity contribution in [3.8, 4) is 0 Å². The topological polar surface area (TPSA) is 109 Å². The quantitative estimate of drug-likeness (QED) is 0.415. The van der Waals surface area contributed by atoms with E-state index in [1.54, 1.807) is 30.2 Å². The Morgan fingerprint density at radius 2 is 2.18 bits per heavy atom. The summed E-state index contributed by atoms with van der Waals surface area (Å²) in [7, 11) is 0. The zero-order chi connectivity index (χ0) is 24.1. The number of furan rings is 1. The van der Waals surface area contributed by atoms with Crippen LogP contribution in [0, 0.1) is 11.3 Å². The van der Waals surface area contributed by atoms with Crippen molar-refractivity contribution in [1.82, 2.24) is 15.1 Å². The fourth-order valence-electron chi connectivity index (χ4n) is 5.38. The maximum Gasteiger partial charge on any atom is 0.318 e. The van der Waals surface area contributed by atoms with Crippen LogP contribution in [0.25, 0.3) is 0 Å². The zero-order valence-electron chi connectivity index (χ0n) is 19.7. The molecule has 9 heteroatoms. The van der Waals surface area contributed by atoms with Crippen molar-refractivity contribution in [2.45, 2.75) is 58.4 Å². The van der Waals surface area contributed by atoms with Crippen molar-refractivity contribution in [1.29, 1.82) is 0 Å². The summed E-state index contributed by atoms with van der Waals surface area (Å²) < 4.78 is 10.9. The van der Waals surface area contributed by atoms with Gasteiger partial charge in [0, 0.05) is 44.1 Å². The lowest BCUT2D eigenvalue weighted by Crippen LogP contribution is -2.52. The molecule has 2 atom stereocenters. The van der Waals surface area contributed by atoms with Crippen LogP contribution in [0.4, 0.5) is 0 Å². The lowest BCUT2D eigenvalue weighted by Gasteiger charge is -2.43. The number of nitrogens with zero attached hydrogens (tertiary/aromatic N) is 2. The molecule has 3 amide bonds. The van der Waals surface area contributed by atoms with E-state index in [0.717, 1.165) is 13.0 Å². The normalized spacial score (nSPS) is 24.3. The summed E-state index contributed by atoms with van der Waals surface area (Å²) in [5, 5.41) is 2.88. The minimum Gasteiger partial charge on any atom is -0.467 e. The molecule has 3 heterocycles. The van der Waals surface area contributed by atoms with E-state index in [0.29, 0.717) is 50.2 Å². The molecule has 184 valence electrons. The van der Waals surface area contributed by atoms with Crippen LogP contribution < -0.4 is 5.32 Å². The highest BCUT2D eigenvalue weighted by atomic mass is 16.5. The third-order valence-electron chi connectivity index (χ3n) is 6.99. The Morgan fingerprint density at radius 3 is 2.88 bits per heavy atom. The van der Waals surface area contributed by atoms with E-state index in [2.05, 4.69) is 5.32 Å². The second-order valence-electron chi connectivity index (χ2n) is 9.23. The minimum atomic E-state index is -0.919. The summed E-state index contributed by atoms with van der Waals surface area (Å²) in [6, 6.07) is 3.54. The van der Waals surface area contributed by atoms with Gasteiger partial charge in [-0.1, -0.05) is 6.08 Å². The number of likely N-dealkylation sites (tertiary alicyclic amines) is 2. The largest absolute Gasteiger partial charge is 0.467 e. The summed E-state index contributed by atoms with van der Waals surface area (Å²) in [6.07, 6.45) is 7.15. The molecule has 1 N–H and O–H groups in total. The highest BCUT2D eigenvalue weighted by molar-refractivity contribution is 5.92. The lowest BCUT2D eigenvalue weighted by molar-refractivity contribution is -0.161. The first kappa shape index (κ1) is 24.0. The molecular formula is C25H33N3O6. The second kappa shape index (κ2) is 10.4. The number of carbonyl (C=O) groups excluding carboxylic acids is 4. The Hall–Kier alpha value is -3.10. The van der Waals surface area contributed by atoms with Crippen LogP contribution in [-0.2, 0) is 30.5 Å². The molecule has 34 heavy (non-hydrogen) atoms. The van der Waals surface area contributed by atoms with Crippen molar-refractivity contribution in [2.24, 2.45) is 11.3 Å². The number of ether oxygens (including phenoxy) is 1. The summed E-state index contributed by atoms with van der Waals surface area (Å²) >= 11 is 0. The molecule has 0 spiro atoms. The first-order chi connectivity index (χ1) is 16.4. The smallest absolute Gasteiger partial charge is 0.318 e. The number of amides is 3. The maximum absolute atomic E-state index is 13.5. The number of allylic oxidation sites excluding steroid dienone is 1. The molecule has 0 bridgehead atoms. The monoisotopic (exact) mass is 471 g/mol. The molecule has 2 saturated heterocycles. The highest BCUT2D eigenvalue weighted by Crippen LogP contribution is 2.51. The van der Waals surface area contributed by atoms with Gasteiger partial charge in [0.2, 0.25) is 17.7 Å². The number of hydrogen-bond acceptors (Lipinski definition) is 6. The van der Waals surface area contributed by atoms with E-state index in [1.165, 1.54) is 0 Å². The summed E-state index contributed by atoms with van der Waals surface area (Å²) in [6.45, 7) is 4.07. The number of piperidine rings is 1. The first-order valence-corrected chi connectivity index (χ1v) is 12.2. The minimum absolute atomic E-state index is 0.00453. The SMILES string of the molecule is CCOC(=O)[C@]12CCC=C1N(Cc1ccco1)C(=O)[C@H](CC(=O)NCCCN1CCCC1=O)C2. The van der Waals surface area contributed by atoms with Crippen LogP contribution >= 0.6 is 0 Å². The Kier molecular flexibility index (Phi) is 7.38. The summed E-state index contributed by atoms with van der Waals surface area (Å²) in [4.78, 5) is 54.4. The standard InChI is InChI=1S/C25H33N3O6/c1-2-33-24(32)25-10-3-8-20(25)28(17-19-7-5-14-34-19)23(31)18(16-25)15-21(29)26-11-6-13-27-12-4-9-22(27)30/h5,7-8,14,18H,2-4,6,9-13,15-17H2,1H3,(H,26,29)/t18-,25+/m1/s1. The third-order valence-corrected chi connectivity index (χ3v) is 6.99. The molecule has 0 radical (unpaired) electrons. The van der Waals surface area contributed by atoms with Crippen LogP contribution in [0.5, 0.6) is 0 Å². The molecule has 0 saturated carbocycles. The van der Waals surface area contributed by atoms with Crippen LogP contribution in [0.15, 0.2) is 34.6 Å². The number of rotatable bonds is 10. The van der Waals surface area contributed by atoms with E-state index in [9.17, 15) is 19.2 Å². The van der Waals surface area contributed by atoms with Gasteiger partial charge in [-0.2, -0.15) is 0 Å². The second-order valence-corrected chi connectivity index (χ2v) is 9.23. The predicted octanol–water partition coefficient (Wildman–Crippen LogP) is 2.37. The summed E-state index contributed by atoms with van der Waals surface area (Å²) in [5.74, 6) is -0.595. The Bertz CT molecular complexity index is 956. The van der Waals surface area contributed by atoms with Gasteiger partial charge in [0.05, 0.1) is 19.4 Å². The van der Waals surface area contributed by atoms with Gasteiger partial charge in [-0.05, 0) is 51.2 Å². The van der Waals surface area contributed by atoms with Crippen molar-refractivity contribution in [2.75, 3.05) is 26.2 Å². The molecule has 9 nitrogen and oxygen atoms in total. The van der Waals surface area contributed by atoms with Gasteiger partial charge in [-0.25, -0.2) is 0 Å². The van der Waals surface area contributed by atoms with Gasteiger partial charge < -0.3 is 24.3 Å². The average Bonchev–Trinajstić information content (AvgIpc) is 3.56. The molecule has 4 rings (SSSR count). The lowest BCUT2D eigenvalue weighted by atomic mass is 9.71. The van der Waals surface area contributed by atoms with Crippen LogP contribution in [0.2, 0.25) is 0 Å².